The summed E-state index contributed by atoms with van der Waals surface area (Å²) >= 11 is 0. The fraction of sp³-hybridized carbons (Fsp3) is 0.190. The maximum absolute atomic E-state index is 13.0. The van der Waals surface area contributed by atoms with Crippen molar-refractivity contribution in [3.8, 4) is 11.1 Å². The predicted molar refractivity (Wildman–Crippen MR) is 104 cm³/mol. The number of rotatable bonds is 4. The first-order valence-corrected chi connectivity index (χ1v) is 8.95. The number of hydrogen-bond donors (Lipinski definition) is 2. The van der Waals surface area contributed by atoms with E-state index in [-0.39, 0.29) is 24.1 Å². The average Bonchev–Trinajstić information content (AvgIpc) is 3.12. The highest BCUT2D eigenvalue weighted by molar-refractivity contribution is 6.04. The number of anilines is 2. The SMILES string of the molecule is Cc1ccc(-c2c(C)nn3c2NC(=O)C3CC(=O)Nc2ccc(F)cc2)cc1. The van der Waals surface area contributed by atoms with E-state index in [0.29, 0.717) is 11.5 Å². The largest absolute Gasteiger partial charge is 0.326 e. The van der Waals surface area contributed by atoms with E-state index in [0.717, 1.165) is 22.4 Å². The van der Waals surface area contributed by atoms with E-state index in [2.05, 4.69) is 15.7 Å². The Morgan fingerprint density at radius 3 is 2.50 bits per heavy atom. The normalized spacial score (nSPS) is 15.2. The molecule has 0 saturated heterocycles. The summed E-state index contributed by atoms with van der Waals surface area (Å²) in [7, 11) is 0. The first-order valence-electron chi connectivity index (χ1n) is 8.95. The Morgan fingerprint density at radius 1 is 1.14 bits per heavy atom. The summed E-state index contributed by atoms with van der Waals surface area (Å²) in [5.74, 6) is -0.394. The van der Waals surface area contributed by atoms with Gasteiger partial charge in [-0.25, -0.2) is 9.07 Å². The Labute approximate surface area is 161 Å². The number of amides is 2. The Balaban J connectivity index is 1.57. The van der Waals surface area contributed by atoms with Gasteiger partial charge in [-0.3, -0.25) is 9.59 Å². The van der Waals surface area contributed by atoms with Crippen LogP contribution in [0.3, 0.4) is 0 Å². The second-order valence-electron chi connectivity index (χ2n) is 6.88. The van der Waals surface area contributed by atoms with Crippen LogP contribution in [0.5, 0.6) is 0 Å². The second kappa shape index (κ2) is 6.92. The van der Waals surface area contributed by atoms with Crippen LogP contribution in [0.25, 0.3) is 11.1 Å². The molecule has 0 fully saturated rings. The van der Waals surface area contributed by atoms with Crippen LogP contribution >= 0.6 is 0 Å². The van der Waals surface area contributed by atoms with Gasteiger partial charge in [0.25, 0.3) is 5.91 Å². The quantitative estimate of drug-likeness (QED) is 0.724. The molecule has 0 aliphatic carbocycles. The Hall–Kier alpha value is -3.48. The molecule has 1 atom stereocenters. The Bertz CT molecular complexity index is 1060. The number of aryl methyl sites for hydroxylation is 2. The number of benzene rings is 2. The van der Waals surface area contributed by atoms with Crippen molar-refractivity contribution in [1.29, 1.82) is 0 Å². The van der Waals surface area contributed by atoms with Crippen molar-refractivity contribution >= 4 is 23.3 Å². The van der Waals surface area contributed by atoms with Crippen LogP contribution in [-0.4, -0.2) is 21.6 Å². The summed E-state index contributed by atoms with van der Waals surface area (Å²) in [5.41, 5.74) is 4.21. The smallest absolute Gasteiger partial charge is 0.251 e. The summed E-state index contributed by atoms with van der Waals surface area (Å²) < 4.78 is 14.6. The van der Waals surface area contributed by atoms with Crippen LogP contribution in [0.2, 0.25) is 0 Å². The van der Waals surface area contributed by atoms with Gasteiger partial charge in [-0.1, -0.05) is 29.8 Å². The molecule has 0 spiro atoms. The molecule has 1 unspecified atom stereocenters. The zero-order valence-corrected chi connectivity index (χ0v) is 15.5. The molecule has 0 saturated carbocycles. The molecule has 0 bridgehead atoms. The van der Waals surface area contributed by atoms with Crippen molar-refractivity contribution in [3.63, 3.8) is 0 Å². The molecule has 6 nitrogen and oxygen atoms in total. The molecule has 1 aromatic heterocycles. The topological polar surface area (TPSA) is 76.0 Å². The minimum atomic E-state index is -0.728. The van der Waals surface area contributed by atoms with Gasteiger partial charge in [-0.2, -0.15) is 5.10 Å². The second-order valence-corrected chi connectivity index (χ2v) is 6.88. The maximum Gasteiger partial charge on any atom is 0.251 e. The Morgan fingerprint density at radius 2 is 1.82 bits per heavy atom. The minimum absolute atomic E-state index is 0.0648. The van der Waals surface area contributed by atoms with Gasteiger partial charge in [0.05, 0.1) is 12.1 Å². The van der Waals surface area contributed by atoms with Gasteiger partial charge >= 0.3 is 0 Å². The molecule has 1 aliphatic heterocycles. The Kier molecular flexibility index (Phi) is 4.43. The molecule has 0 radical (unpaired) electrons. The third kappa shape index (κ3) is 3.26. The van der Waals surface area contributed by atoms with E-state index in [1.165, 1.54) is 24.3 Å². The van der Waals surface area contributed by atoms with E-state index in [4.69, 9.17) is 0 Å². The van der Waals surface area contributed by atoms with Crippen LogP contribution in [0.1, 0.15) is 23.7 Å². The highest BCUT2D eigenvalue weighted by Crippen LogP contribution is 2.38. The lowest BCUT2D eigenvalue weighted by Gasteiger charge is -2.10. The van der Waals surface area contributed by atoms with Crippen molar-refractivity contribution in [3.05, 3.63) is 65.6 Å². The lowest BCUT2D eigenvalue weighted by molar-refractivity contribution is -0.123. The fourth-order valence-corrected chi connectivity index (χ4v) is 3.37. The van der Waals surface area contributed by atoms with Crippen LogP contribution < -0.4 is 10.6 Å². The van der Waals surface area contributed by atoms with E-state index in [9.17, 15) is 14.0 Å². The molecule has 7 heteroatoms. The highest BCUT2D eigenvalue weighted by atomic mass is 19.1. The standard InChI is InChI=1S/C21H19FN4O2/c1-12-3-5-14(6-4-12)19-13(2)25-26-17(21(28)24-20(19)26)11-18(27)23-16-9-7-15(22)8-10-16/h3-10,17H,11H2,1-2H3,(H,23,27)(H,24,28). The molecule has 28 heavy (non-hydrogen) atoms. The molecule has 142 valence electrons. The van der Waals surface area contributed by atoms with E-state index in [1.54, 1.807) is 4.68 Å². The van der Waals surface area contributed by atoms with Crippen LogP contribution in [0.4, 0.5) is 15.9 Å². The van der Waals surface area contributed by atoms with Crippen molar-refractivity contribution in [2.75, 3.05) is 10.6 Å². The summed E-state index contributed by atoms with van der Waals surface area (Å²) in [5, 5.41) is 10.0. The predicted octanol–water partition coefficient (Wildman–Crippen LogP) is 3.83. The number of nitrogens with zero attached hydrogens (tertiary/aromatic N) is 2. The number of carbonyl (C=O) groups excluding carboxylic acids is 2. The lowest BCUT2D eigenvalue weighted by Crippen LogP contribution is -2.23. The summed E-state index contributed by atoms with van der Waals surface area (Å²) in [4.78, 5) is 24.9. The zero-order chi connectivity index (χ0) is 19.8. The summed E-state index contributed by atoms with van der Waals surface area (Å²) in [6, 6.07) is 12.7. The highest BCUT2D eigenvalue weighted by Gasteiger charge is 2.36. The number of aromatic nitrogens is 2. The average molecular weight is 378 g/mol. The summed E-state index contributed by atoms with van der Waals surface area (Å²) in [6.07, 6.45) is -0.0648. The number of halogens is 1. The van der Waals surface area contributed by atoms with Gasteiger partial charge in [0.15, 0.2) is 0 Å². The zero-order valence-electron chi connectivity index (χ0n) is 15.5. The molecular formula is C21H19FN4O2. The van der Waals surface area contributed by atoms with Crippen LogP contribution in [-0.2, 0) is 9.59 Å². The number of nitrogens with one attached hydrogen (secondary N) is 2. The van der Waals surface area contributed by atoms with E-state index >= 15 is 0 Å². The van der Waals surface area contributed by atoms with E-state index in [1.807, 2.05) is 38.1 Å². The third-order valence-corrected chi connectivity index (χ3v) is 4.77. The number of hydrogen-bond acceptors (Lipinski definition) is 3. The first kappa shape index (κ1) is 17.9. The van der Waals surface area contributed by atoms with Gasteiger partial charge in [0.1, 0.15) is 17.7 Å². The third-order valence-electron chi connectivity index (χ3n) is 4.77. The molecule has 4 rings (SSSR count). The maximum atomic E-state index is 13.0. The van der Waals surface area contributed by atoms with Crippen LogP contribution in [0, 0.1) is 19.7 Å². The monoisotopic (exact) mass is 378 g/mol. The lowest BCUT2D eigenvalue weighted by atomic mass is 10.0. The van der Waals surface area contributed by atoms with Crippen molar-refractivity contribution in [2.24, 2.45) is 0 Å². The molecule has 3 aromatic rings. The molecule has 2 amide bonds. The van der Waals surface area contributed by atoms with Crippen LogP contribution in [0.15, 0.2) is 48.5 Å². The van der Waals surface area contributed by atoms with Gasteiger partial charge in [-0.05, 0) is 43.7 Å². The molecule has 2 aromatic carbocycles. The number of fused-ring (bicyclic) bond motifs is 1. The summed E-state index contributed by atoms with van der Waals surface area (Å²) in [6.45, 7) is 3.89. The minimum Gasteiger partial charge on any atom is -0.326 e. The van der Waals surface area contributed by atoms with Gasteiger partial charge < -0.3 is 10.6 Å². The van der Waals surface area contributed by atoms with E-state index < -0.39 is 6.04 Å². The van der Waals surface area contributed by atoms with Crippen molar-refractivity contribution in [1.82, 2.24) is 9.78 Å². The number of carbonyl (C=O) groups is 2. The first-order chi connectivity index (χ1) is 13.4. The fourth-order valence-electron chi connectivity index (χ4n) is 3.37. The molecule has 1 aliphatic rings. The van der Waals surface area contributed by atoms with Gasteiger partial charge in [0, 0.05) is 11.3 Å². The molecular weight excluding hydrogens is 359 g/mol. The van der Waals surface area contributed by atoms with Crippen molar-refractivity contribution in [2.45, 2.75) is 26.3 Å². The molecule has 2 heterocycles. The van der Waals surface area contributed by atoms with Gasteiger partial charge in [0.2, 0.25) is 5.91 Å². The van der Waals surface area contributed by atoms with Crippen molar-refractivity contribution < 1.29 is 14.0 Å². The van der Waals surface area contributed by atoms with Gasteiger partial charge in [-0.15, -0.1) is 0 Å². The molecule has 2 N–H and O–H groups in total.